The van der Waals surface area contributed by atoms with Gasteiger partial charge < -0.3 is 13.4 Å². The van der Waals surface area contributed by atoms with Gasteiger partial charge >= 0.3 is 0 Å². The van der Waals surface area contributed by atoms with Crippen LogP contribution < -0.4 is 0 Å². The third-order valence-electron chi connectivity index (χ3n) is 3.34. The van der Waals surface area contributed by atoms with E-state index in [4.69, 9.17) is 13.4 Å². The smallest absolute Gasteiger partial charge is 0.277 e. The van der Waals surface area contributed by atoms with Crippen molar-refractivity contribution in [3.8, 4) is 23.0 Å². The fourth-order valence-electron chi connectivity index (χ4n) is 2.21. The van der Waals surface area contributed by atoms with Gasteiger partial charge in [-0.1, -0.05) is 34.6 Å². The third kappa shape index (κ3) is 3.11. The van der Waals surface area contributed by atoms with E-state index >= 15 is 0 Å². The van der Waals surface area contributed by atoms with Crippen LogP contribution in [0.25, 0.3) is 23.0 Å². The van der Waals surface area contributed by atoms with E-state index in [0.29, 0.717) is 28.4 Å². The van der Waals surface area contributed by atoms with Crippen LogP contribution in [0.2, 0.25) is 0 Å². The molecule has 0 atom stereocenters. The second-order valence-corrected chi connectivity index (χ2v) is 6.12. The summed E-state index contributed by atoms with van der Waals surface area (Å²) in [6.07, 6.45) is 1.59. The molecular weight excluding hydrogens is 326 g/mol. The molecule has 4 rings (SSSR count). The summed E-state index contributed by atoms with van der Waals surface area (Å²) in [4.78, 5) is 0. The Labute approximate surface area is 141 Å². The molecule has 0 bridgehead atoms. The standard InChI is InChI=1S/C17H13N3O3S/c1-11-4-2-5-12(8-11)16-18-19-17(22-16)24-10-13-9-15(23-20-13)14-6-3-7-21-14/h2-9H,10H2,1H3. The molecule has 0 aliphatic carbocycles. The number of nitrogens with zero attached hydrogens (tertiary/aromatic N) is 3. The van der Waals surface area contributed by atoms with Crippen LogP contribution in [0, 0.1) is 6.92 Å². The number of aryl methyl sites for hydroxylation is 1. The van der Waals surface area contributed by atoms with Gasteiger partial charge in [-0.3, -0.25) is 0 Å². The molecule has 0 amide bonds. The highest BCUT2D eigenvalue weighted by molar-refractivity contribution is 7.98. The lowest BCUT2D eigenvalue weighted by Crippen LogP contribution is -1.79. The number of furan rings is 1. The van der Waals surface area contributed by atoms with Crippen LogP contribution in [0.5, 0.6) is 0 Å². The van der Waals surface area contributed by atoms with Gasteiger partial charge in [-0.25, -0.2) is 0 Å². The highest BCUT2D eigenvalue weighted by Gasteiger charge is 2.12. The first-order valence-corrected chi connectivity index (χ1v) is 8.29. The molecule has 3 aromatic heterocycles. The van der Waals surface area contributed by atoms with Crippen LogP contribution >= 0.6 is 11.8 Å². The van der Waals surface area contributed by atoms with E-state index in [1.54, 1.807) is 12.3 Å². The van der Waals surface area contributed by atoms with Crippen LogP contribution in [0.4, 0.5) is 0 Å². The van der Waals surface area contributed by atoms with Crippen molar-refractivity contribution in [2.75, 3.05) is 0 Å². The Bertz CT molecular complexity index is 944. The van der Waals surface area contributed by atoms with Crippen molar-refractivity contribution in [1.29, 1.82) is 0 Å². The Morgan fingerprint density at radius 1 is 1.04 bits per heavy atom. The molecule has 3 heterocycles. The number of hydrogen-bond donors (Lipinski definition) is 0. The molecule has 1 aromatic carbocycles. The molecule has 0 saturated carbocycles. The van der Waals surface area contributed by atoms with Gasteiger partial charge in [0.25, 0.3) is 5.22 Å². The highest BCUT2D eigenvalue weighted by atomic mass is 32.2. The van der Waals surface area contributed by atoms with Gasteiger partial charge in [0.15, 0.2) is 5.76 Å². The van der Waals surface area contributed by atoms with Crippen molar-refractivity contribution in [1.82, 2.24) is 15.4 Å². The maximum Gasteiger partial charge on any atom is 0.277 e. The van der Waals surface area contributed by atoms with Crippen molar-refractivity contribution < 1.29 is 13.4 Å². The van der Waals surface area contributed by atoms with E-state index < -0.39 is 0 Å². The third-order valence-corrected chi connectivity index (χ3v) is 4.19. The number of hydrogen-bond acceptors (Lipinski definition) is 7. The normalized spacial score (nSPS) is 11.0. The van der Waals surface area contributed by atoms with E-state index in [0.717, 1.165) is 16.8 Å². The zero-order valence-corrected chi connectivity index (χ0v) is 13.6. The lowest BCUT2D eigenvalue weighted by atomic mass is 10.1. The summed E-state index contributed by atoms with van der Waals surface area (Å²) in [6, 6.07) is 13.4. The van der Waals surface area contributed by atoms with Gasteiger partial charge in [0.1, 0.15) is 0 Å². The minimum atomic E-state index is 0.494. The summed E-state index contributed by atoms with van der Waals surface area (Å²) in [5.41, 5.74) is 2.84. The van der Waals surface area contributed by atoms with Gasteiger partial charge in [0.05, 0.1) is 12.0 Å². The van der Waals surface area contributed by atoms with Gasteiger partial charge in [0.2, 0.25) is 11.7 Å². The Balaban J connectivity index is 1.43. The zero-order valence-electron chi connectivity index (χ0n) is 12.8. The largest absolute Gasteiger partial charge is 0.461 e. The monoisotopic (exact) mass is 339 g/mol. The SMILES string of the molecule is Cc1cccc(-c2nnc(SCc3cc(-c4ccco4)on3)o2)c1. The molecule has 24 heavy (non-hydrogen) atoms. The van der Waals surface area contributed by atoms with E-state index in [2.05, 4.69) is 15.4 Å². The van der Waals surface area contributed by atoms with Crippen molar-refractivity contribution >= 4 is 11.8 Å². The van der Waals surface area contributed by atoms with Crippen molar-refractivity contribution in [3.63, 3.8) is 0 Å². The molecule has 4 aromatic rings. The lowest BCUT2D eigenvalue weighted by molar-refractivity contribution is 0.413. The molecule has 0 radical (unpaired) electrons. The minimum Gasteiger partial charge on any atom is -0.461 e. The molecule has 0 N–H and O–H groups in total. The van der Waals surface area contributed by atoms with E-state index in [1.165, 1.54) is 11.8 Å². The Morgan fingerprint density at radius 2 is 2.00 bits per heavy atom. The summed E-state index contributed by atoms with van der Waals surface area (Å²) in [7, 11) is 0. The minimum absolute atomic E-state index is 0.494. The maximum atomic E-state index is 5.69. The molecule has 0 aliphatic rings. The number of rotatable bonds is 5. The van der Waals surface area contributed by atoms with Crippen LogP contribution in [0.3, 0.4) is 0 Å². The van der Waals surface area contributed by atoms with Gasteiger partial charge in [-0.2, -0.15) is 0 Å². The maximum absolute atomic E-state index is 5.69. The summed E-state index contributed by atoms with van der Waals surface area (Å²) >= 11 is 1.41. The van der Waals surface area contributed by atoms with Crippen LogP contribution in [0.1, 0.15) is 11.3 Å². The molecular formula is C17H13N3O3S. The predicted molar refractivity (Wildman–Crippen MR) is 88.2 cm³/mol. The highest BCUT2D eigenvalue weighted by Crippen LogP contribution is 2.27. The first-order valence-electron chi connectivity index (χ1n) is 7.31. The number of benzene rings is 1. The van der Waals surface area contributed by atoms with Crippen molar-refractivity contribution in [2.24, 2.45) is 0 Å². The van der Waals surface area contributed by atoms with E-state index in [-0.39, 0.29) is 0 Å². The Hall–Kier alpha value is -2.80. The molecule has 0 aliphatic heterocycles. The molecule has 0 spiro atoms. The number of thioether (sulfide) groups is 1. The molecule has 0 fully saturated rings. The van der Waals surface area contributed by atoms with Gasteiger partial charge in [-0.05, 0) is 31.2 Å². The van der Waals surface area contributed by atoms with Gasteiger partial charge in [-0.15, -0.1) is 10.2 Å². The van der Waals surface area contributed by atoms with Crippen LogP contribution in [0.15, 0.2) is 67.3 Å². The molecule has 0 unspecified atom stereocenters. The van der Waals surface area contributed by atoms with Crippen LogP contribution in [-0.2, 0) is 5.75 Å². The van der Waals surface area contributed by atoms with Crippen LogP contribution in [-0.4, -0.2) is 15.4 Å². The topological polar surface area (TPSA) is 78.1 Å². The second kappa shape index (κ2) is 6.37. The first kappa shape index (κ1) is 14.8. The molecule has 0 saturated heterocycles. The average Bonchev–Trinajstić information content (AvgIpc) is 3.33. The van der Waals surface area contributed by atoms with Crippen molar-refractivity contribution in [3.05, 3.63) is 60.0 Å². The fourth-order valence-corrected chi connectivity index (χ4v) is 2.86. The summed E-state index contributed by atoms with van der Waals surface area (Å²) in [5.74, 6) is 2.33. The average molecular weight is 339 g/mol. The fraction of sp³-hybridized carbons (Fsp3) is 0.118. The predicted octanol–water partition coefficient (Wildman–Crippen LogP) is 4.59. The first-order chi connectivity index (χ1) is 11.8. The lowest BCUT2D eigenvalue weighted by Gasteiger charge is -1.95. The van der Waals surface area contributed by atoms with E-state index in [9.17, 15) is 0 Å². The summed E-state index contributed by atoms with van der Waals surface area (Å²) in [5, 5.41) is 12.7. The Morgan fingerprint density at radius 3 is 2.83 bits per heavy atom. The van der Waals surface area contributed by atoms with Crippen molar-refractivity contribution in [2.45, 2.75) is 17.9 Å². The molecule has 6 nitrogen and oxygen atoms in total. The van der Waals surface area contributed by atoms with E-state index in [1.807, 2.05) is 43.3 Å². The number of aromatic nitrogens is 3. The summed E-state index contributed by atoms with van der Waals surface area (Å²) in [6.45, 7) is 2.02. The quantitative estimate of drug-likeness (QED) is 0.492. The zero-order chi connectivity index (χ0) is 16.4. The summed E-state index contributed by atoms with van der Waals surface area (Å²) < 4.78 is 16.2. The molecule has 120 valence electrons. The second-order valence-electron chi connectivity index (χ2n) is 5.19. The van der Waals surface area contributed by atoms with Gasteiger partial charge in [0, 0.05) is 17.4 Å². The molecule has 7 heteroatoms. The Kier molecular flexibility index (Phi) is 3.92.